The predicted octanol–water partition coefficient (Wildman–Crippen LogP) is 5.03. The zero-order chi connectivity index (χ0) is 22.8. The van der Waals surface area contributed by atoms with E-state index in [0.29, 0.717) is 32.1 Å². The summed E-state index contributed by atoms with van der Waals surface area (Å²) in [7, 11) is 0. The summed E-state index contributed by atoms with van der Waals surface area (Å²) >= 11 is 0. The van der Waals surface area contributed by atoms with Gasteiger partial charge in [0.25, 0.3) is 0 Å². The fourth-order valence-electron chi connectivity index (χ4n) is 5.83. The van der Waals surface area contributed by atoms with Crippen molar-refractivity contribution in [1.29, 1.82) is 0 Å². The lowest BCUT2D eigenvalue weighted by Gasteiger charge is -2.36. The number of aryl methyl sites for hydroxylation is 1. The Morgan fingerprint density at radius 2 is 1.73 bits per heavy atom. The van der Waals surface area contributed by atoms with Crippen LogP contribution in [0.25, 0.3) is 0 Å². The van der Waals surface area contributed by atoms with Gasteiger partial charge in [-0.2, -0.15) is 0 Å². The topological polar surface area (TPSA) is 67.9 Å². The largest absolute Gasteiger partial charge is 0.415 e. The highest BCUT2D eigenvalue weighted by atomic mass is 16.6. The first-order valence-corrected chi connectivity index (χ1v) is 12.2. The van der Waals surface area contributed by atoms with Crippen molar-refractivity contribution >= 4 is 17.7 Å². The number of nitrogens with zero attached hydrogens (tertiary/aromatic N) is 1. The van der Waals surface area contributed by atoms with Gasteiger partial charge in [0.1, 0.15) is 11.2 Å². The van der Waals surface area contributed by atoms with Crippen molar-refractivity contribution in [2.75, 3.05) is 31.6 Å². The average Bonchev–Trinajstić information content (AvgIpc) is 2.98. The third-order valence-electron chi connectivity index (χ3n) is 7.55. The maximum Gasteiger partial charge on any atom is 0.415 e. The zero-order valence-corrected chi connectivity index (χ0v) is 19.3. The number of morpholine rings is 1. The smallest absolute Gasteiger partial charge is 0.410 e. The number of hydrogen-bond acceptors (Lipinski definition) is 4. The van der Waals surface area contributed by atoms with Gasteiger partial charge in [-0.15, -0.1) is 0 Å². The first-order valence-electron chi connectivity index (χ1n) is 12.2. The summed E-state index contributed by atoms with van der Waals surface area (Å²) in [6.45, 7) is 4.20. The molecule has 33 heavy (non-hydrogen) atoms. The fraction of sp³-hybridized carbons (Fsp3) is 0.481. The minimum absolute atomic E-state index is 0.0664. The molecule has 0 spiro atoms. The van der Waals surface area contributed by atoms with Crippen LogP contribution in [0.3, 0.4) is 0 Å². The highest BCUT2D eigenvalue weighted by Gasteiger charge is 2.53. The Labute approximate surface area is 195 Å². The summed E-state index contributed by atoms with van der Waals surface area (Å²) in [5.41, 5.74) is 3.39. The number of rotatable bonds is 3. The first-order chi connectivity index (χ1) is 16.1. The van der Waals surface area contributed by atoms with Gasteiger partial charge in [0.2, 0.25) is 5.91 Å². The molecule has 2 aliphatic heterocycles. The molecule has 0 aromatic heterocycles. The van der Waals surface area contributed by atoms with Crippen LogP contribution in [0.2, 0.25) is 0 Å². The molecule has 1 unspecified atom stereocenters. The SMILES string of the molecule is Cc1cccc2c1NC(=O)C2(c1ccc(OC(=O)N2CCOCC2)cc1)C1CCCCCC1. The number of carbonyl (C=O) groups excluding carboxylic acids is 2. The highest BCUT2D eigenvalue weighted by molar-refractivity contribution is 6.09. The van der Waals surface area contributed by atoms with E-state index >= 15 is 0 Å². The number of carbonyl (C=O) groups is 2. The van der Waals surface area contributed by atoms with Crippen LogP contribution in [-0.4, -0.2) is 43.2 Å². The molecule has 174 valence electrons. The molecule has 0 bridgehead atoms. The predicted molar refractivity (Wildman–Crippen MR) is 127 cm³/mol. The summed E-state index contributed by atoms with van der Waals surface area (Å²) in [6.07, 6.45) is 6.47. The van der Waals surface area contributed by atoms with Gasteiger partial charge in [0.15, 0.2) is 0 Å². The maximum absolute atomic E-state index is 13.8. The summed E-state index contributed by atoms with van der Waals surface area (Å²) in [4.78, 5) is 27.9. The molecule has 2 amide bonds. The van der Waals surface area contributed by atoms with Crippen molar-refractivity contribution < 1.29 is 19.1 Å². The molecule has 3 aliphatic rings. The lowest BCUT2D eigenvalue weighted by molar-refractivity contribution is -0.121. The van der Waals surface area contributed by atoms with Crippen LogP contribution in [0.15, 0.2) is 42.5 Å². The molecular formula is C27H32N2O4. The summed E-state index contributed by atoms with van der Waals surface area (Å²) < 4.78 is 10.9. The van der Waals surface area contributed by atoms with Crippen molar-refractivity contribution in [1.82, 2.24) is 4.90 Å². The molecule has 2 heterocycles. The van der Waals surface area contributed by atoms with Crippen molar-refractivity contribution in [3.63, 3.8) is 0 Å². The minimum Gasteiger partial charge on any atom is -0.410 e. The lowest BCUT2D eigenvalue weighted by atomic mass is 9.64. The van der Waals surface area contributed by atoms with Crippen LogP contribution in [0, 0.1) is 12.8 Å². The number of fused-ring (bicyclic) bond motifs is 1. The number of hydrogen-bond donors (Lipinski definition) is 1. The van der Waals surface area contributed by atoms with Gasteiger partial charge in [0, 0.05) is 18.8 Å². The third-order valence-corrected chi connectivity index (χ3v) is 7.55. The summed E-state index contributed by atoms with van der Waals surface area (Å²) in [5.74, 6) is 0.802. The van der Waals surface area contributed by atoms with Crippen LogP contribution >= 0.6 is 0 Å². The molecule has 2 aromatic rings. The van der Waals surface area contributed by atoms with Crippen LogP contribution in [-0.2, 0) is 14.9 Å². The second kappa shape index (κ2) is 9.18. The Morgan fingerprint density at radius 3 is 2.42 bits per heavy atom. The molecule has 0 radical (unpaired) electrons. The number of nitrogens with one attached hydrogen (secondary N) is 1. The van der Waals surface area contributed by atoms with Gasteiger partial charge < -0.3 is 19.7 Å². The van der Waals surface area contributed by atoms with Gasteiger partial charge in [-0.25, -0.2) is 4.79 Å². The van der Waals surface area contributed by atoms with Crippen molar-refractivity contribution in [2.24, 2.45) is 5.92 Å². The van der Waals surface area contributed by atoms with Crippen LogP contribution in [0.1, 0.15) is 55.2 Å². The molecular weight excluding hydrogens is 416 g/mol. The molecule has 1 saturated heterocycles. The van der Waals surface area contributed by atoms with Gasteiger partial charge in [-0.3, -0.25) is 4.79 Å². The molecule has 2 aromatic carbocycles. The monoisotopic (exact) mass is 448 g/mol. The number of amides is 2. The van der Waals surface area contributed by atoms with Gasteiger partial charge in [0.05, 0.1) is 13.2 Å². The van der Waals surface area contributed by atoms with Crippen LogP contribution in [0.4, 0.5) is 10.5 Å². The van der Waals surface area contributed by atoms with Gasteiger partial charge in [-0.1, -0.05) is 56.0 Å². The Hall–Kier alpha value is -2.86. The van der Waals surface area contributed by atoms with E-state index < -0.39 is 5.41 Å². The van der Waals surface area contributed by atoms with E-state index in [9.17, 15) is 9.59 Å². The third kappa shape index (κ3) is 3.90. The van der Waals surface area contributed by atoms with E-state index in [4.69, 9.17) is 9.47 Å². The molecule has 1 saturated carbocycles. The van der Waals surface area contributed by atoms with E-state index in [1.54, 1.807) is 4.90 Å². The first kappa shape index (κ1) is 22.0. The molecule has 5 rings (SSSR count). The van der Waals surface area contributed by atoms with E-state index in [1.807, 2.05) is 24.3 Å². The number of ether oxygens (including phenoxy) is 2. The van der Waals surface area contributed by atoms with E-state index in [0.717, 1.165) is 48.1 Å². The quantitative estimate of drug-likeness (QED) is 0.669. The minimum atomic E-state index is -0.710. The average molecular weight is 449 g/mol. The Balaban J connectivity index is 1.50. The molecule has 1 N–H and O–H groups in total. The molecule has 6 nitrogen and oxygen atoms in total. The van der Waals surface area contributed by atoms with Crippen molar-refractivity contribution in [3.05, 3.63) is 59.2 Å². The molecule has 1 atom stereocenters. The number of benzene rings is 2. The van der Waals surface area contributed by atoms with Crippen molar-refractivity contribution in [2.45, 2.75) is 50.9 Å². The Morgan fingerprint density at radius 1 is 1.03 bits per heavy atom. The number of para-hydroxylation sites is 1. The molecule has 2 fully saturated rings. The molecule has 6 heteroatoms. The highest BCUT2D eigenvalue weighted by Crippen LogP contribution is 2.52. The van der Waals surface area contributed by atoms with Crippen molar-refractivity contribution in [3.8, 4) is 5.75 Å². The molecule has 1 aliphatic carbocycles. The standard InChI is InChI=1S/C27H32N2O4/c1-19-7-6-10-23-24(19)28-25(30)27(23,20-8-4-2-3-5-9-20)21-11-13-22(14-12-21)33-26(31)29-15-17-32-18-16-29/h6-7,10-14,20H,2-5,8-9,15-18H2,1H3,(H,28,30). The maximum atomic E-state index is 13.8. The number of anilines is 1. The van der Waals surface area contributed by atoms with E-state index in [2.05, 4.69) is 30.4 Å². The second-order valence-corrected chi connectivity index (χ2v) is 9.44. The lowest BCUT2D eigenvalue weighted by Crippen LogP contribution is -2.43. The van der Waals surface area contributed by atoms with E-state index in [-0.39, 0.29) is 17.9 Å². The zero-order valence-electron chi connectivity index (χ0n) is 19.3. The summed E-state index contributed by atoms with van der Waals surface area (Å²) in [5, 5.41) is 3.22. The second-order valence-electron chi connectivity index (χ2n) is 9.44. The Kier molecular flexibility index (Phi) is 6.11. The van der Waals surface area contributed by atoms with Crippen LogP contribution in [0.5, 0.6) is 5.75 Å². The summed E-state index contributed by atoms with van der Waals surface area (Å²) in [6, 6.07) is 13.8. The van der Waals surface area contributed by atoms with Crippen LogP contribution < -0.4 is 10.1 Å². The fourth-order valence-corrected chi connectivity index (χ4v) is 5.83. The van der Waals surface area contributed by atoms with Gasteiger partial charge in [-0.05, 0) is 54.5 Å². The normalized spacial score (nSPS) is 23.5. The van der Waals surface area contributed by atoms with Gasteiger partial charge >= 0.3 is 6.09 Å². The Bertz CT molecular complexity index is 1020. The van der Waals surface area contributed by atoms with E-state index in [1.165, 1.54) is 12.8 Å².